The highest BCUT2D eigenvalue weighted by atomic mass is 35.5. The highest BCUT2D eigenvalue weighted by molar-refractivity contribution is 6.30. The molecule has 0 bridgehead atoms. The summed E-state index contributed by atoms with van der Waals surface area (Å²) in [5.74, 6) is 2.15. The van der Waals surface area contributed by atoms with Gasteiger partial charge in [-0.05, 0) is 36.4 Å². The van der Waals surface area contributed by atoms with Gasteiger partial charge < -0.3 is 24.8 Å². The van der Waals surface area contributed by atoms with Crippen molar-refractivity contribution in [1.29, 1.82) is 0 Å². The van der Waals surface area contributed by atoms with Crippen LogP contribution in [-0.4, -0.2) is 20.3 Å². The average molecular weight is 399 g/mol. The Hall–Kier alpha value is -3.38. The maximum Gasteiger partial charge on any atom is 0.323 e. The number of hydrogen-bond donors (Lipinski definition) is 2. The Morgan fingerprint density at radius 3 is 2.25 bits per heavy atom. The van der Waals surface area contributed by atoms with E-state index in [-0.39, 0.29) is 0 Å². The van der Waals surface area contributed by atoms with Crippen LogP contribution in [0.5, 0.6) is 23.0 Å². The molecule has 0 spiro atoms. The zero-order chi connectivity index (χ0) is 19.9. The SMILES string of the molecule is COc1ccc(OC)c(NC(=O)Nc2ccc(Cl)cc2Oc2ccccc2)c1. The minimum absolute atomic E-state index is 0.423. The van der Waals surface area contributed by atoms with Crippen LogP contribution in [0.3, 0.4) is 0 Å². The molecule has 3 rings (SSSR count). The van der Waals surface area contributed by atoms with Gasteiger partial charge in [0, 0.05) is 17.2 Å². The van der Waals surface area contributed by atoms with Gasteiger partial charge in [-0.25, -0.2) is 4.79 Å². The normalized spacial score (nSPS) is 10.1. The van der Waals surface area contributed by atoms with E-state index in [0.717, 1.165) is 0 Å². The van der Waals surface area contributed by atoms with Gasteiger partial charge in [0.25, 0.3) is 0 Å². The van der Waals surface area contributed by atoms with Crippen LogP contribution in [-0.2, 0) is 0 Å². The van der Waals surface area contributed by atoms with E-state index in [1.165, 1.54) is 7.11 Å². The van der Waals surface area contributed by atoms with Gasteiger partial charge in [0.2, 0.25) is 0 Å². The smallest absolute Gasteiger partial charge is 0.323 e. The predicted molar refractivity (Wildman–Crippen MR) is 110 cm³/mol. The molecule has 6 nitrogen and oxygen atoms in total. The molecule has 3 aromatic rings. The third kappa shape index (κ3) is 4.86. The lowest BCUT2D eigenvalue weighted by atomic mass is 10.2. The Bertz CT molecular complexity index is 964. The van der Waals surface area contributed by atoms with Crippen molar-refractivity contribution in [1.82, 2.24) is 0 Å². The van der Waals surface area contributed by atoms with Crippen molar-refractivity contribution in [2.45, 2.75) is 0 Å². The van der Waals surface area contributed by atoms with Crippen molar-refractivity contribution in [3.63, 3.8) is 0 Å². The number of nitrogens with one attached hydrogen (secondary N) is 2. The number of halogens is 1. The fourth-order valence-corrected chi connectivity index (χ4v) is 2.65. The number of urea groups is 1. The number of ether oxygens (including phenoxy) is 3. The van der Waals surface area contributed by atoms with Crippen molar-refractivity contribution in [3.05, 3.63) is 71.8 Å². The van der Waals surface area contributed by atoms with Gasteiger partial charge in [0.1, 0.15) is 17.2 Å². The summed E-state index contributed by atoms with van der Waals surface area (Å²) in [6, 6.07) is 18.8. The van der Waals surface area contributed by atoms with Crippen LogP contribution in [0.1, 0.15) is 0 Å². The number of methoxy groups -OCH3 is 2. The molecular formula is C21H19ClN2O4. The van der Waals surface area contributed by atoms with Crippen molar-refractivity contribution >= 4 is 29.0 Å². The number of carbonyl (C=O) groups is 1. The number of carbonyl (C=O) groups excluding carboxylic acids is 1. The van der Waals surface area contributed by atoms with Crippen molar-refractivity contribution in [3.8, 4) is 23.0 Å². The summed E-state index contributed by atoms with van der Waals surface area (Å²) < 4.78 is 16.3. The van der Waals surface area contributed by atoms with E-state index < -0.39 is 6.03 Å². The Morgan fingerprint density at radius 1 is 0.786 bits per heavy atom. The van der Waals surface area contributed by atoms with Crippen LogP contribution in [0.2, 0.25) is 5.02 Å². The first-order chi connectivity index (χ1) is 13.6. The Balaban J connectivity index is 1.79. The number of rotatable bonds is 6. The van der Waals surface area contributed by atoms with Crippen LogP contribution in [0, 0.1) is 0 Å². The zero-order valence-corrected chi connectivity index (χ0v) is 16.1. The standard InChI is InChI=1S/C21H19ClN2O4/c1-26-16-9-11-19(27-2)18(13-16)24-21(25)23-17-10-8-14(22)12-20(17)28-15-6-4-3-5-7-15/h3-13H,1-2H3,(H2,23,24,25). The van der Waals surface area contributed by atoms with E-state index in [1.807, 2.05) is 30.3 Å². The maximum absolute atomic E-state index is 12.5. The summed E-state index contributed by atoms with van der Waals surface area (Å²) >= 11 is 6.08. The van der Waals surface area contributed by atoms with E-state index in [0.29, 0.717) is 39.4 Å². The summed E-state index contributed by atoms with van der Waals surface area (Å²) in [6.45, 7) is 0. The topological polar surface area (TPSA) is 68.8 Å². The second-order valence-electron chi connectivity index (χ2n) is 5.70. The number of amides is 2. The molecule has 2 amide bonds. The monoisotopic (exact) mass is 398 g/mol. The number of para-hydroxylation sites is 1. The fourth-order valence-electron chi connectivity index (χ4n) is 2.49. The number of hydrogen-bond acceptors (Lipinski definition) is 4. The Kier molecular flexibility index (Phi) is 6.24. The molecule has 2 N–H and O–H groups in total. The molecule has 0 aliphatic carbocycles. The summed E-state index contributed by atoms with van der Waals surface area (Å²) in [5.41, 5.74) is 0.937. The molecule has 0 aliphatic heterocycles. The molecule has 3 aromatic carbocycles. The van der Waals surface area contributed by atoms with Crippen LogP contribution < -0.4 is 24.8 Å². The lowest BCUT2D eigenvalue weighted by Gasteiger charge is -2.15. The van der Waals surface area contributed by atoms with Gasteiger partial charge in [-0.1, -0.05) is 29.8 Å². The van der Waals surface area contributed by atoms with Gasteiger partial charge >= 0.3 is 6.03 Å². The van der Waals surface area contributed by atoms with Crippen LogP contribution in [0.4, 0.5) is 16.2 Å². The number of benzene rings is 3. The lowest BCUT2D eigenvalue weighted by molar-refractivity contribution is 0.262. The Morgan fingerprint density at radius 2 is 1.54 bits per heavy atom. The summed E-state index contributed by atoms with van der Waals surface area (Å²) in [5, 5.41) is 6.00. The first-order valence-electron chi connectivity index (χ1n) is 8.41. The molecule has 0 radical (unpaired) electrons. The molecule has 28 heavy (non-hydrogen) atoms. The maximum atomic E-state index is 12.5. The lowest BCUT2D eigenvalue weighted by Crippen LogP contribution is -2.20. The molecule has 0 unspecified atom stereocenters. The van der Waals surface area contributed by atoms with Crippen LogP contribution in [0.25, 0.3) is 0 Å². The van der Waals surface area contributed by atoms with Gasteiger partial charge in [0.15, 0.2) is 5.75 Å². The summed E-state index contributed by atoms with van der Waals surface area (Å²) in [4.78, 5) is 12.5. The molecular weight excluding hydrogens is 380 g/mol. The molecule has 0 aliphatic rings. The molecule has 144 valence electrons. The summed E-state index contributed by atoms with van der Waals surface area (Å²) in [7, 11) is 3.07. The van der Waals surface area contributed by atoms with E-state index in [2.05, 4.69) is 10.6 Å². The van der Waals surface area contributed by atoms with E-state index in [4.69, 9.17) is 25.8 Å². The van der Waals surface area contributed by atoms with Gasteiger partial charge in [-0.2, -0.15) is 0 Å². The summed E-state index contributed by atoms with van der Waals surface area (Å²) in [6.07, 6.45) is 0. The molecule has 7 heteroatoms. The zero-order valence-electron chi connectivity index (χ0n) is 15.4. The third-order valence-corrected chi connectivity index (χ3v) is 4.05. The van der Waals surface area contributed by atoms with Crippen LogP contribution >= 0.6 is 11.6 Å². The largest absolute Gasteiger partial charge is 0.497 e. The second kappa shape index (κ2) is 9.01. The molecule has 0 atom stereocenters. The molecule has 0 aromatic heterocycles. The van der Waals surface area contributed by atoms with Gasteiger partial charge in [-0.3, -0.25) is 0 Å². The van der Waals surface area contributed by atoms with Gasteiger partial charge in [-0.15, -0.1) is 0 Å². The van der Waals surface area contributed by atoms with Crippen molar-refractivity contribution < 1.29 is 19.0 Å². The minimum Gasteiger partial charge on any atom is -0.497 e. The predicted octanol–water partition coefficient (Wildman–Crippen LogP) is 5.79. The fraction of sp³-hybridized carbons (Fsp3) is 0.0952. The highest BCUT2D eigenvalue weighted by Gasteiger charge is 2.13. The molecule has 0 saturated heterocycles. The second-order valence-corrected chi connectivity index (χ2v) is 6.14. The molecule has 0 saturated carbocycles. The van der Waals surface area contributed by atoms with E-state index >= 15 is 0 Å². The molecule has 0 fully saturated rings. The Labute approximate surface area is 168 Å². The first-order valence-corrected chi connectivity index (χ1v) is 8.79. The van der Waals surface area contributed by atoms with E-state index in [9.17, 15) is 4.79 Å². The number of anilines is 2. The average Bonchev–Trinajstić information content (AvgIpc) is 2.70. The first kappa shape index (κ1) is 19.4. The highest BCUT2D eigenvalue weighted by Crippen LogP contribution is 2.33. The van der Waals surface area contributed by atoms with Crippen molar-refractivity contribution in [2.75, 3.05) is 24.9 Å². The quantitative estimate of drug-likeness (QED) is 0.551. The molecule has 0 heterocycles. The minimum atomic E-state index is -0.466. The van der Waals surface area contributed by atoms with Crippen LogP contribution in [0.15, 0.2) is 66.7 Å². The van der Waals surface area contributed by atoms with Gasteiger partial charge in [0.05, 0.1) is 25.6 Å². The third-order valence-electron chi connectivity index (χ3n) is 3.82. The van der Waals surface area contributed by atoms with Crippen molar-refractivity contribution in [2.24, 2.45) is 0 Å². The van der Waals surface area contributed by atoms with E-state index in [1.54, 1.807) is 43.5 Å².